The number of ether oxygens (including phenoxy) is 1. The fourth-order valence-corrected chi connectivity index (χ4v) is 1.98. The van der Waals surface area contributed by atoms with Crippen LogP contribution in [0.2, 0.25) is 0 Å². The van der Waals surface area contributed by atoms with Gasteiger partial charge in [-0.1, -0.05) is 30.3 Å². The molecule has 20 heavy (non-hydrogen) atoms. The lowest BCUT2D eigenvalue weighted by Crippen LogP contribution is -2.16. The van der Waals surface area contributed by atoms with E-state index in [-0.39, 0.29) is 12.0 Å². The van der Waals surface area contributed by atoms with Crippen LogP contribution in [0.4, 0.5) is 8.78 Å². The minimum Gasteiger partial charge on any atom is -0.459 e. The topological polar surface area (TPSA) is 26.3 Å². The average molecular weight is 303 g/mol. The SMILES string of the molecule is CC(=O)OC(C)/C=C(/CCc1ccccc1)C(F)(F)Cl. The van der Waals surface area contributed by atoms with Gasteiger partial charge in [0.1, 0.15) is 6.10 Å². The van der Waals surface area contributed by atoms with Gasteiger partial charge in [0.25, 0.3) is 0 Å². The van der Waals surface area contributed by atoms with Crippen LogP contribution in [-0.4, -0.2) is 17.5 Å². The van der Waals surface area contributed by atoms with Gasteiger partial charge in [-0.25, -0.2) is 0 Å². The molecule has 1 rings (SSSR count). The van der Waals surface area contributed by atoms with Gasteiger partial charge < -0.3 is 4.74 Å². The number of alkyl halides is 3. The minimum atomic E-state index is -3.44. The van der Waals surface area contributed by atoms with Gasteiger partial charge in [-0.2, -0.15) is 8.78 Å². The fourth-order valence-electron chi connectivity index (χ4n) is 1.82. The number of hydrogen-bond donors (Lipinski definition) is 0. The Morgan fingerprint density at radius 2 is 2.00 bits per heavy atom. The third-order valence-electron chi connectivity index (χ3n) is 2.68. The highest BCUT2D eigenvalue weighted by molar-refractivity contribution is 6.23. The van der Waals surface area contributed by atoms with Crippen LogP contribution in [0.25, 0.3) is 0 Å². The Kier molecular flexibility index (Phi) is 6.14. The van der Waals surface area contributed by atoms with Crippen LogP contribution in [0.1, 0.15) is 25.8 Å². The lowest BCUT2D eigenvalue weighted by Gasteiger charge is -2.16. The molecule has 0 aliphatic heterocycles. The quantitative estimate of drug-likeness (QED) is 0.444. The predicted octanol–water partition coefficient (Wildman–Crippen LogP) is 4.33. The van der Waals surface area contributed by atoms with Gasteiger partial charge in [0.15, 0.2) is 0 Å². The number of benzene rings is 1. The Morgan fingerprint density at radius 3 is 2.50 bits per heavy atom. The molecule has 0 radical (unpaired) electrons. The lowest BCUT2D eigenvalue weighted by molar-refractivity contribution is -0.143. The molecule has 0 aliphatic carbocycles. The predicted molar refractivity (Wildman–Crippen MR) is 74.9 cm³/mol. The standard InChI is InChI=1S/C15H17ClF2O2/c1-11(20-12(2)19)10-14(15(16,17)18)9-8-13-6-4-3-5-7-13/h3-7,10-11H,8-9H2,1-2H3/b14-10-. The van der Waals surface area contributed by atoms with Crippen molar-refractivity contribution < 1.29 is 18.3 Å². The summed E-state index contributed by atoms with van der Waals surface area (Å²) in [5.41, 5.74) is 0.705. The van der Waals surface area contributed by atoms with Crippen molar-refractivity contribution in [2.45, 2.75) is 38.2 Å². The van der Waals surface area contributed by atoms with Crippen molar-refractivity contribution in [2.24, 2.45) is 0 Å². The summed E-state index contributed by atoms with van der Waals surface area (Å²) >= 11 is 5.10. The number of halogens is 3. The number of aryl methyl sites for hydroxylation is 1. The molecule has 0 aromatic heterocycles. The molecule has 0 fully saturated rings. The first-order valence-electron chi connectivity index (χ1n) is 6.28. The normalized spacial score (nSPS) is 13.9. The monoisotopic (exact) mass is 302 g/mol. The highest BCUT2D eigenvalue weighted by Crippen LogP contribution is 2.32. The molecule has 2 nitrogen and oxygen atoms in total. The van der Waals surface area contributed by atoms with E-state index in [0.717, 1.165) is 5.56 Å². The molecule has 0 saturated carbocycles. The zero-order valence-electron chi connectivity index (χ0n) is 11.4. The molecule has 0 saturated heterocycles. The fraction of sp³-hybridized carbons (Fsp3) is 0.400. The van der Waals surface area contributed by atoms with Crippen molar-refractivity contribution in [2.75, 3.05) is 0 Å². The summed E-state index contributed by atoms with van der Waals surface area (Å²) in [6, 6.07) is 9.27. The summed E-state index contributed by atoms with van der Waals surface area (Å²) in [6.07, 6.45) is 1.02. The molecular formula is C15H17ClF2O2. The maximum Gasteiger partial charge on any atom is 0.344 e. The largest absolute Gasteiger partial charge is 0.459 e. The molecule has 1 aromatic rings. The Labute approximate surface area is 122 Å². The molecule has 0 amide bonds. The van der Waals surface area contributed by atoms with E-state index in [1.807, 2.05) is 30.3 Å². The molecule has 0 N–H and O–H groups in total. The van der Waals surface area contributed by atoms with Crippen LogP contribution in [0.5, 0.6) is 0 Å². The van der Waals surface area contributed by atoms with E-state index in [1.165, 1.54) is 19.9 Å². The summed E-state index contributed by atoms with van der Waals surface area (Å²) in [5.74, 6) is -0.519. The lowest BCUT2D eigenvalue weighted by atomic mass is 10.0. The number of carbonyl (C=O) groups excluding carboxylic acids is 1. The van der Waals surface area contributed by atoms with Crippen molar-refractivity contribution in [1.29, 1.82) is 0 Å². The third kappa shape index (κ3) is 6.15. The molecule has 1 unspecified atom stereocenters. The summed E-state index contributed by atoms with van der Waals surface area (Å²) in [6.45, 7) is 2.75. The average Bonchev–Trinajstić information content (AvgIpc) is 2.33. The van der Waals surface area contributed by atoms with Crippen LogP contribution >= 0.6 is 11.6 Å². The second-order valence-corrected chi connectivity index (χ2v) is 4.96. The number of rotatable bonds is 6. The third-order valence-corrected chi connectivity index (χ3v) is 2.92. The van der Waals surface area contributed by atoms with Crippen LogP contribution in [-0.2, 0) is 16.0 Å². The van der Waals surface area contributed by atoms with Crippen LogP contribution in [0.15, 0.2) is 42.0 Å². The molecule has 0 aliphatic rings. The summed E-state index contributed by atoms with van der Waals surface area (Å²) < 4.78 is 31.5. The number of allylic oxidation sites excluding steroid dienone is 1. The molecule has 0 heterocycles. The van der Waals surface area contributed by atoms with E-state index in [4.69, 9.17) is 16.3 Å². The molecule has 1 aromatic carbocycles. The van der Waals surface area contributed by atoms with Crippen LogP contribution < -0.4 is 0 Å². The van der Waals surface area contributed by atoms with Gasteiger partial charge in [-0.15, -0.1) is 0 Å². The zero-order valence-corrected chi connectivity index (χ0v) is 12.2. The van der Waals surface area contributed by atoms with E-state index in [9.17, 15) is 13.6 Å². The summed E-state index contributed by atoms with van der Waals surface area (Å²) in [7, 11) is 0. The molecule has 1 atom stereocenters. The number of hydrogen-bond acceptors (Lipinski definition) is 2. The van der Waals surface area contributed by atoms with Crippen LogP contribution in [0, 0.1) is 0 Å². The van der Waals surface area contributed by atoms with Gasteiger partial charge in [0.2, 0.25) is 0 Å². The van der Waals surface area contributed by atoms with E-state index in [1.54, 1.807) is 0 Å². The van der Waals surface area contributed by atoms with E-state index in [0.29, 0.717) is 6.42 Å². The number of esters is 1. The maximum absolute atomic E-state index is 13.3. The van der Waals surface area contributed by atoms with Gasteiger partial charge in [-0.3, -0.25) is 4.79 Å². The molecular weight excluding hydrogens is 286 g/mol. The second kappa shape index (κ2) is 7.39. The van der Waals surface area contributed by atoms with Crippen molar-refractivity contribution in [3.05, 3.63) is 47.5 Å². The van der Waals surface area contributed by atoms with Crippen molar-refractivity contribution in [3.63, 3.8) is 0 Å². The Bertz CT molecular complexity index is 467. The molecule has 5 heteroatoms. The van der Waals surface area contributed by atoms with E-state index < -0.39 is 17.5 Å². The Balaban J connectivity index is 2.75. The Hall–Kier alpha value is -1.42. The molecule has 110 valence electrons. The van der Waals surface area contributed by atoms with Gasteiger partial charge in [0.05, 0.1) is 0 Å². The first-order valence-corrected chi connectivity index (χ1v) is 6.66. The number of carbonyl (C=O) groups is 1. The smallest absolute Gasteiger partial charge is 0.344 e. The highest BCUT2D eigenvalue weighted by Gasteiger charge is 2.31. The zero-order chi connectivity index (χ0) is 15.2. The highest BCUT2D eigenvalue weighted by atomic mass is 35.5. The first-order chi connectivity index (χ1) is 9.29. The summed E-state index contributed by atoms with van der Waals surface area (Å²) in [5, 5.41) is -3.44. The maximum atomic E-state index is 13.3. The molecule has 0 spiro atoms. The van der Waals surface area contributed by atoms with Gasteiger partial charge in [-0.05, 0) is 43.0 Å². The van der Waals surface area contributed by atoms with E-state index >= 15 is 0 Å². The Morgan fingerprint density at radius 1 is 1.40 bits per heavy atom. The van der Waals surface area contributed by atoms with Crippen LogP contribution in [0.3, 0.4) is 0 Å². The van der Waals surface area contributed by atoms with Gasteiger partial charge >= 0.3 is 11.4 Å². The van der Waals surface area contributed by atoms with Gasteiger partial charge in [0, 0.05) is 12.5 Å². The van der Waals surface area contributed by atoms with Crippen molar-refractivity contribution >= 4 is 17.6 Å². The molecule has 0 bridgehead atoms. The summed E-state index contributed by atoms with van der Waals surface area (Å²) in [4.78, 5) is 10.8. The van der Waals surface area contributed by atoms with E-state index in [2.05, 4.69) is 0 Å². The first kappa shape index (κ1) is 16.6. The minimum absolute atomic E-state index is 0.103. The van der Waals surface area contributed by atoms with Crippen molar-refractivity contribution in [3.8, 4) is 0 Å². The van der Waals surface area contributed by atoms with Crippen molar-refractivity contribution in [1.82, 2.24) is 0 Å². The second-order valence-electron chi connectivity index (χ2n) is 4.49.